The first-order chi connectivity index (χ1) is 14.0. The maximum atomic E-state index is 12.6. The molecular weight excluding hydrogens is 416 g/mol. The monoisotopic (exact) mass is 432 g/mol. The molecule has 29 heavy (non-hydrogen) atoms. The van der Waals surface area contributed by atoms with Gasteiger partial charge in [0.15, 0.2) is 12.2 Å². The van der Waals surface area contributed by atoms with Crippen LogP contribution >= 0.6 is 23.4 Å². The number of ether oxygens (including phenoxy) is 2. The van der Waals surface area contributed by atoms with Gasteiger partial charge >= 0.3 is 0 Å². The largest absolute Gasteiger partial charge is 0.472 e. The van der Waals surface area contributed by atoms with E-state index in [2.05, 4.69) is 0 Å². The fraction of sp³-hybridized carbons (Fsp3) is 0.250. The van der Waals surface area contributed by atoms with Gasteiger partial charge in [-0.25, -0.2) is 0 Å². The van der Waals surface area contributed by atoms with Gasteiger partial charge in [0, 0.05) is 11.6 Å². The molecule has 0 bridgehead atoms. The molecule has 1 unspecified atom stereocenters. The molecule has 0 saturated carbocycles. The molecule has 0 aromatic heterocycles. The Morgan fingerprint density at radius 3 is 2.72 bits per heavy atom. The summed E-state index contributed by atoms with van der Waals surface area (Å²) in [5, 5.41) is 0.105. The Bertz CT molecular complexity index is 955. The molecule has 1 atom stereocenters. The van der Waals surface area contributed by atoms with Gasteiger partial charge in [-0.1, -0.05) is 41.9 Å². The van der Waals surface area contributed by atoms with Gasteiger partial charge in [0.1, 0.15) is 5.75 Å². The van der Waals surface area contributed by atoms with Gasteiger partial charge in [0.25, 0.3) is 17.1 Å². The van der Waals surface area contributed by atoms with Crippen molar-refractivity contribution in [3.63, 3.8) is 0 Å². The quantitative estimate of drug-likeness (QED) is 0.696. The number of hydrogen-bond acceptors (Lipinski definition) is 6. The molecule has 2 aliphatic rings. The summed E-state index contributed by atoms with van der Waals surface area (Å²) in [6.45, 7) is 0.617. The second-order valence-corrected chi connectivity index (χ2v) is 7.93. The summed E-state index contributed by atoms with van der Waals surface area (Å²) in [4.78, 5) is 39.9. The van der Waals surface area contributed by atoms with Crippen molar-refractivity contribution < 1.29 is 23.9 Å². The lowest BCUT2D eigenvalue weighted by Crippen LogP contribution is -2.41. The number of amides is 3. The molecule has 9 heteroatoms. The third-order valence-electron chi connectivity index (χ3n) is 4.54. The molecule has 0 aliphatic carbocycles. The summed E-state index contributed by atoms with van der Waals surface area (Å²) in [5.74, 6) is -0.119. The van der Waals surface area contributed by atoms with Crippen LogP contribution in [-0.2, 0) is 16.1 Å². The molecule has 0 spiro atoms. The number of carbonyl (C=O) groups excluding carboxylic acids is 3. The molecule has 2 aromatic carbocycles. The number of halogens is 1. The molecule has 2 aliphatic heterocycles. The van der Waals surface area contributed by atoms with Crippen molar-refractivity contribution in [2.45, 2.75) is 12.0 Å². The second-order valence-electron chi connectivity index (χ2n) is 6.48. The van der Waals surface area contributed by atoms with E-state index in [1.165, 1.54) is 9.80 Å². The van der Waals surface area contributed by atoms with Crippen LogP contribution in [0.15, 0.2) is 48.5 Å². The van der Waals surface area contributed by atoms with E-state index in [0.717, 1.165) is 17.3 Å². The van der Waals surface area contributed by atoms with Crippen LogP contribution in [0, 0.1) is 0 Å². The summed E-state index contributed by atoms with van der Waals surface area (Å²) >= 11 is 6.80. The lowest BCUT2D eigenvalue weighted by Gasteiger charge is -2.28. The zero-order valence-corrected chi connectivity index (χ0v) is 16.8. The highest BCUT2D eigenvalue weighted by atomic mass is 35.5. The number of nitrogens with zero attached hydrogens (tertiary/aromatic N) is 2. The van der Waals surface area contributed by atoms with Gasteiger partial charge in [-0.15, -0.1) is 0 Å². The number of hydrogen-bond donors (Lipinski definition) is 0. The normalized spacial score (nSPS) is 18.8. The van der Waals surface area contributed by atoms with Gasteiger partial charge in [-0.3, -0.25) is 19.3 Å². The number of benzene rings is 2. The highest BCUT2D eigenvalue weighted by Gasteiger charge is 2.40. The molecule has 0 radical (unpaired) electrons. The summed E-state index contributed by atoms with van der Waals surface area (Å²) in [5.41, 5.74) is 0.344. The topological polar surface area (TPSA) is 76.2 Å². The Hall–Kier alpha value is -2.55. The van der Waals surface area contributed by atoms with Crippen LogP contribution in [0.2, 0.25) is 5.02 Å². The van der Waals surface area contributed by atoms with E-state index in [0.29, 0.717) is 16.3 Å². The molecule has 2 aromatic rings. The van der Waals surface area contributed by atoms with E-state index in [-0.39, 0.29) is 43.5 Å². The van der Waals surface area contributed by atoms with Crippen molar-refractivity contribution in [3.8, 4) is 5.75 Å². The van der Waals surface area contributed by atoms with Crippen molar-refractivity contribution in [1.82, 2.24) is 9.80 Å². The predicted molar refractivity (Wildman–Crippen MR) is 108 cm³/mol. The summed E-state index contributed by atoms with van der Waals surface area (Å²) in [6.07, 6.45) is 0. The molecule has 0 N–H and O–H groups in total. The maximum Gasteiger partial charge on any atom is 0.291 e. The van der Waals surface area contributed by atoms with Crippen LogP contribution in [0.25, 0.3) is 0 Å². The first-order valence-electron chi connectivity index (χ1n) is 8.92. The van der Waals surface area contributed by atoms with Crippen molar-refractivity contribution in [3.05, 3.63) is 64.7 Å². The predicted octanol–water partition coefficient (Wildman–Crippen LogP) is 3.37. The van der Waals surface area contributed by atoms with E-state index in [9.17, 15) is 14.4 Å². The van der Waals surface area contributed by atoms with Crippen molar-refractivity contribution in [2.24, 2.45) is 0 Å². The third-order valence-corrected chi connectivity index (χ3v) is 5.75. The summed E-state index contributed by atoms with van der Waals surface area (Å²) in [7, 11) is 0. The van der Waals surface area contributed by atoms with Crippen LogP contribution in [0.4, 0.5) is 4.79 Å². The van der Waals surface area contributed by atoms with Gasteiger partial charge in [0.2, 0.25) is 0 Å². The van der Waals surface area contributed by atoms with Crippen molar-refractivity contribution in [2.75, 3.05) is 19.9 Å². The Morgan fingerprint density at radius 2 is 1.93 bits per heavy atom. The van der Waals surface area contributed by atoms with Gasteiger partial charge in [-0.05, 0) is 35.5 Å². The lowest BCUT2D eigenvalue weighted by atomic mass is 10.1. The summed E-state index contributed by atoms with van der Waals surface area (Å²) in [6, 6.07) is 14.2. The van der Waals surface area contributed by atoms with E-state index in [4.69, 9.17) is 21.1 Å². The molecule has 7 nitrogen and oxygen atoms in total. The number of imide groups is 1. The molecule has 1 saturated heterocycles. The third kappa shape index (κ3) is 4.24. The first kappa shape index (κ1) is 19.8. The van der Waals surface area contributed by atoms with Crippen LogP contribution < -0.4 is 4.74 Å². The number of fused-ring (bicyclic) bond motifs is 1. The van der Waals surface area contributed by atoms with Crippen LogP contribution in [0.5, 0.6) is 5.75 Å². The molecule has 1 fully saturated rings. The zero-order chi connectivity index (χ0) is 20.4. The lowest BCUT2D eigenvalue weighted by molar-refractivity contribution is -0.134. The Labute approximate surface area is 176 Å². The highest BCUT2D eigenvalue weighted by molar-refractivity contribution is 8.15. The average Bonchev–Trinajstić information content (AvgIpc) is 2.98. The SMILES string of the molecule is O=C1c2cc(Cl)ccc2OCN1CCOC1SC(=O)N(Cc2ccccc2)C1=O. The maximum absolute atomic E-state index is 12.6. The minimum absolute atomic E-state index is 0.0850. The Balaban J connectivity index is 1.31. The molecule has 150 valence electrons. The zero-order valence-electron chi connectivity index (χ0n) is 15.2. The Kier molecular flexibility index (Phi) is 5.75. The molecular formula is C20H17ClN2O5S. The van der Waals surface area contributed by atoms with Crippen LogP contribution in [0.1, 0.15) is 15.9 Å². The van der Waals surface area contributed by atoms with Gasteiger partial charge in [-0.2, -0.15) is 0 Å². The smallest absolute Gasteiger partial charge is 0.291 e. The number of carbonyl (C=O) groups is 3. The average molecular weight is 433 g/mol. The van der Waals surface area contributed by atoms with E-state index in [1.54, 1.807) is 18.2 Å². The minimum atomic E-state index is -0.909. The molecule has 3 amide bonds. The number of rotatable bonds is 6. The fourth-order valence-electron chi connectivity index (χ4n) is 3.04. The van der Waals surface area contributed by atoms with Crippen LogP contribution in [-0.4, -0.2) is 52.2 Å². The second kappa shape index (κ2) is 8.44. The van der Waals surface area contributed by atoms with E-state index in [1.807, 2.05) is 30.3 Å². The van der Waals surface area contributed by atoms with E-state index < -0.39 is 5.44 Å². The summed E-state index contributed by atoms with van der Waals surface area (Å²) < 4.78 is 11.2. The molecule has 4 rings (SSSR count). The van der Waals surface area contributed by atoms with E-state index >= 15 is 0 Å². The number of thioether (sulfide) groups is 1. The minimum Gasteiger partial charge on any atom is -0.472 e. The highest BCUT2D eigenvalue weighted by Crippen LogP contribution is 2.30. The fourth-order valence-corrected chi connectivity index (χ4v) is 4.07. The van der Waals surface area contributed by atoms with Crippen molar-refractivity contribution in [1.29, 1.82) is 0 Å². The van der Waals surface area contributed by atoms with Crippen LogP contribution in [0.3, 0.4) is 0 Å². The Morgan fingerprint density at radius 1 is 1.14 bits per heavy atom. The van der Waals surface area contributed by atoms with Gasteiger partial charge in [0.05, 0.1) is 18.7 Å². The molecule has 2 heterocycles. The van der Waals surface area contributed by atoms with Crippen molar-refractivity contribution >= 4 is 40.4 Å². The first-order valence-corrected chi connectivity index (χ1v) is 10.2. The van der Waals surface area contributed by atoms with Gasteiger partial charge < -0.3 is 14.4 Å². The standard InChI is InChI=1S/C20H17ClN2O5S/c21-14-6-7-16-15(10-14)17(24)22(12-28-16)8-9-27-19-18(25)23(20(26)29-19)11-13-4-2-1-3-5-13/h1-7,10,19H,8-9,11-12H2.